The topological polar surface area (TPSA) is 86.5 Å². The maximum absolute atomic E-state index is 12.1. The number of nitrogens with zero attached hydrogens (tertiary/aromatic N) is 2. The van der Waals surface area contributed by atoms with Gasteiger partial charge in [0, 0.05) is 5.69 Å². The van der Waals surface area contributed by atoms with Crippen molar-refractivity contribution in [3.63, 3.8) is 0 Å². The fraction of sp³-hybridized carbons (Fsp3) is 0.250. The number of thioether (sulfide) groups is 1. The highest BCUT2D eigenvalue weighted by molar-refractivity contribution is 7.99. The van der Waals surface area contributed by atoms with Crippen LogP contribution in [-0.2, 0) is 11.4 Å². The van der Waals surface area contributed by atoms with Crippen molar-refractivity contribution in [2.45, 2.75) is 25.7 Å². The molecule has 0 atom stereocenters. The van der Waals surface area contributed by atoms with Crippen LogP contribution in [0.25, 0.3) is 0 Å². The second-order valence-electron chi connectivity index (χ2n) is 6.04. The maximum atomic E-state index is 12.1. The summed E-state index contributed by atoms with van der Waals surface area (Å²) in [4.78, 5) is 12.1. The number of hydrogen-bond donors (Lipinski definition) is 1. The molecule has 1 amide bonds. The fourth-order valence-electron chi connectivity index (χ4n) is 2.38. The Labute approximate surface area is 167 Å². The molecule has 0 spiro atoms. The lowest BCUT2D eigenvalue weighted by atomic mass is 10.1. The second kappa shape index (κ2) is 9.27. The zero-order valence-electron chi connectivity index (χ0n) is 15.9. The van der Waals surface area contributed by atoms with Crippen molar-refractivity contribution in [2.24, 2.45) is 0 Å². The molecule has 0 aliphatic heterocycles. The third-order valence-electron chi connectivity index (χ3n) is 3.99. The lowest BCUT2D eigenvalue weighted by Gasteiger charge is -2.08. The van der Waals surface area contributed by atoms with Gasteiger partial charge in [0.05, 0.1) is 12.9 Å². The molecule has 0 aliphatic rings. The number of para-hydroxylation sites is 2. The summed E-state index contributed by atoms with van der Waals surface area (Å²) in [5, 5.41) is 11.0. The maximum Gasteiger partial charge on any atom is 0.277 e. The molecule has 0 radical (unpaired) electrons. The highest BCUT2D eigenvalue weighted by Crippen LogP contribution is 2.27. The molecule has 3 rings (SSSR count). The van der Waals surface area contributed by atoms with E-state index in [0.29, 0.717) is 22.6 Å². The number of amides is 1. The van der Waals surface area contributed by atoms with E-state index in [1.165, 1.54) is 17.3 Å². The largest absolute Gasteiger partial charge is 0.493 e. The first-order valence-corrected chi connectivity index (χ1v) is 9.62. The molecular weight excluding hydrogens is 378 g/mol. The minimum absolute atomic E-state index is 0.114. The number of anilines is 1. The molecule has 0 saturated carbocycles. The van der Waals surface area contributed by atoms with Gasteiger partial charge >= 0.3 is 0 Å². The predicted molar refractivity (Wildman–Crippen MR) is 107 cm³/mol. The number of ether oxygens (including phenoxy) is 2. The van der Waals surface area contributed by atoms with Crippen LogP contribution in [0.5, 0.6) is 11.5 Å². The van der Waals surface area contributed by atoms with Crippen molar-refractivity contribution in [3.05, 3.63) is 59.5 Å². The quantitative estimate of drug-likeness (QED) is 0.573. The number of carbonyl (C=O) groups excluding carboxylic acids is 1. The van der Waals surface area contributed by atoms with Crippen LogP contribution in [0, 0.1) is 13.8 Å². The van der Waals surface area contributed by atoms with Crippen LogP contribution in [0.15, 0.2) is 52.1 Å². The minimum atomic E-state index is -0.140. The molecule has 2 aromatic carbocycles. The van der Waals surface area contributed by atoms with Crippen LogP contribution in [0.3, 0.4) is 0 Å². The van der Waals surface area contributed by atoms with E-state index in [9.17, 15) is 4.79 Å². The Morgan fingerprint density at radius 2 is 1.89 bits per heavy atom. The predicted octanol–water partition coefficient (Wildman–Crippen LogP) is 4.00. The highest BCUT2D eigenvalue weighted by Gasteiger charge is 2.12. The summed E-state index contributed by atoms with van der Waals surface area (Å²) < 4.78 is 16.4. The molecule has 0 unspecified atom stereocenters. The molecule has 1 aromatic heterocycles. The van der Waals surface area contributed by atoms with Crippen LogP contribution < -0.4 is 14.8 Å². The summed E-state index contributed by atoms with van der Waals surface area (Å²) in [7, 11) is 1.58. The van der Waals surface area contributed by atoms with E-state index < -0.39 is 0 Å². The molecule has 8 heteroatoms. The number of methoxy groups -OCH3 is 1. The first-order chi connectivity index (χ1) is 13.5. The van der Waals surface area contributed by atoms with Gasteiger partial charge in [0.1, 0.15) is 0 Å². The van der Waals surface area contributed by atoms with Crippen molar-refractivity contribution in [1.29, 1.82) is 0 Å². The molecule has 0 fully saturated rings. The number of rotatable bonds is 8. The first-order valence-electron chi connectivity index (χ1n) is 8.63. The van der Waals surface area contributed by atoms with E-state index in [1.54, 1.807) is 19.2 Å². The summed E-state index contributed by atoms with van der Waals surface area (Å²) in [6.07, 6.45) is 0. The van der Waals surface area contributed by atoms with Crippen molar-refractivity contribution in [3.8, 4) is 11.5 Å². The smallest absolute Gasteiger partial charge is 0.277 e. The summed E-state index contributed by atoms with van der Waals surface area (Å²) in [5.74, 6) is 1.56. The number of nitrogens with one attached hydrogen (secondary N) is 1. The molecule has 146 valence electrons. The van der Waals surface area contributed by atoms with Gasteiger partial charge in [-0.3, -0.25) is 4.79 Å². The van der Waals surface area contributed by atoms with E-state index in [4.69, 9.17) is 13.9 Å². The third kappa shape index (κ3) is 5.26. The van der Waals surface area contributed by atoms with Gasteiger partial charge in [-0.15, -0.1) is 10.2 Å². The number of carbonyl (C=O) groups is 1. The SMILES string of the molecule is COc1ccccc1OCc1nnc(SCC(=O)Nc2ccc(C)c(C)c2)o1. The van der Waals surface area contributed by atoms with Crippen molar-refractivity contribution >= 4 is 23.4 Å². The Balaban J connectivity index is 1.49. The number of aromatic nitrogens is 2. The summed E-state index contributed by atoms with van der Waals surface area (Å²) in [6, 6.07) is 13.1. The van der Waals surface area contributed by atoms with E-state index in [0.717, 1.165) is 11.3 Å². The molecule has 0 saturated heterocycles. The van der Waals surface area contributed by atoms with Crippen LogP contribution in [-0.4, -0.2) is 29.0 Å². The molecule has 1 heterocycles. The Kier molecular flexibility index (Phi) is 6.54. The average molecular weight is 399 g/mol. The molecule has 0 bridgehead atoms. The highest BCUT2D eigenvalue weighted by atomic mass is 32.2. The summed E-state index contributed by atoms with van der Waals surface area (Å²) in [5.41, 5.74) is 3.08. The zero-order valence-corrected chi connectivity index (χ0v) is 16.7. The summed E-state index contributed by atoms with van der Waals surface area (Å²) in [6.45, 7) is 4.15. The van der Waals surface area contributed by atoms with Gasteiger partial charge < -0.3 is 19.2 Å². The van der Waals surface area contributed by atoms with Gasteiger partial charge in [0.15, 0.2) is 18.1 Å². The lowest BCUT2D eigenvalue weighted by molar-refractivity contribution is -0.113. The van der Waals surface area contributed by atoms with Gasteiger partial charge in [-0.05, 0) is 49.2 Å². The van der Waals surface area contributed by atoms with Gasteiger partial charge in [0.2, 0.25) is 5.91 Å². The van der Waals surface area contributed by atoms with Crippen LogP contribution >= 0.6 is 11.8 Å². The Morgan fingerprint density at radius 3 is 2.64 bits per heavy atom. The van der Waals surface area contributed by atoms with E-state index in [2.05, 4.69) is 15.5 Å². The minimum Gasteiger partial charge on any atom is -0.493 e. The van der Waals surface area contributed by atoms with Crippen LogP contribution in [0.2, 0.25) is 0 Å². The average Bonchev–Trinajstić information content (AvgIpc) is 3.16. The first kappa shape index (κ1) is 19.8. The zero-order chi connectivity index (χ0) is 19.9. The third-order valence-corrected chi connectivity index (χ3v) is 4.80. The molecule has 28 heavy (non-hydrogen) atoms. The van der Waals surface area contributed by atoms with Gasteiger partial charge in [0.25, 0.3) is 11.1 Å². The number of hydrogen-bond acceptors (Lipinski definition) is 7. The van der Waals surface area contributed by atoms with Crippen LogP contribution in [0.4, 0.5) is 5.69 Å². The Hall–Kier alpha value is -3.00. The molecular formula is C20H21N3O4S. The fourth-order valence-corrected chi connectivity index (χ4v) is 2.96. The van der Waals surface area contributed by atoms with Gasteiger partial charge in [-0.25, -0.2) is 0 Å². The molecule has 1 N–H and O–H groups in total. The normalized spacial score (nSPS) is 10.5. The van der Waals surface area contributed by atoms with Crippen molar-refractivity contribution in [2.75, 3.05) is 18.2 Å². The van der Waals surface area contributed by atoms with Crippen LogP contribution in [0.1, 0.15) is 17.0 Å². The van der Waals surface area contributed by atoms with Gasteiger partial charge in [-0.2, -0.15) is 0 Å². The van der Waals surface area contributed by atoms with E-state index in [1.807, 2.05) is 44.2 Å². The molecule has 7 nitrogen and oxygen atoms in total. The van der Waals surface area contributed by atoms with Crippen molar-refractivity contribution in [1.82, 2.24) is 10.2 Å². The molecule has 3 aromatic rings. The lowest BCUT2D eigenvalue weighted by Crippen LogP contribution is -2.14. The number of aryl methyl sites for hydroxylation is 2. The van der Waals surface area contributed by atoms with Crippen molar-refractivity contribution < 1.29 is 18.7 Å². The van der Waals surface area contributed by atoms with E-state index >= 15 is 0 Å². The van der Waals surface area contributed by atoms with Gasteiger partial charge in [-0.1, -0.05) is 30.0 Å². The summed E-state index contributed by atoms with van der Waals surface area (Å²) >= 11 is 1.17. The second-order valence-corrected chi connectivity index (χ2v) is 6.96. The molecule has 0 aliphatic carbocycles. The monoisotopic (exact) mass is 399 g/mol. The standard InChI is InChI=1S/C20H21N3O4S/c1-13-8-9-15(10-14(13)2)21-18(24)12-28-20-23-22-19(27-20)11-26-17-7-5-4-6-16(17)25-3/h4-10H,11-12H2,1-3H3,(H,21,24). The Bertz CT molecular complexity index is 958. The Morgan fingerprint density at radius 1 is 1.11 bits per heavy atom. The van der Waals surface area contributed by atoms with E-state index in [-0.39, 0.29) is 18.3 Å². The number of benzene rings is 2.